The molecule has 4 nitrogen and oxygen atoms in total. The first-order valence-corrected chi connectivity index (χ1v) is 8.04. The SMILES string of the molecule is O=C(Cn1ccc(=O)c2cc(Cl)ccc21)Nc1cccc(Br)c1. The lowest BCUT2D eigenvalue weighted by atomic mass is 10.2. The predicted molar refractivity (Wildman–Crippen MR) is 96.0 cm³/mol. The van der Waals surface area contributed by atoms with E-state index < -0.39 is 0 Å². The van der Waals surface area contributed by atoms with Gasteiger partial charge in [0.05, 0.1) is 5.52 Å². The number of hydrogen-bond acceptors (Lipinski definition) is 2. The van der Waals surface area contributed by atoms with Crippen molar-refractivity contribution in [3.8, 4) is 0 Å². The van der Waals surface area contributed by atoms with Crippen LogP contribution in [-0.2, 0) is 11.3 Å². The monoisotopic (exact) mass is 390 g/mol. The van der Waals surface area contributed by atoms with Crippen LogP contribution in [0.5, 0.6) is 0 Å². The average molecular weight is 392 g/mol. The topological polar surface area (TPSA) is 51.1 Å². The Balaban J connectivity index is 1.88. The third-order valence-electron chi connectivity index (χ3n) is 3.36. The average Bonchev–Trinajstić information content (AvgIpc) is 2.50. The van der Waals surface area contributed by atoms with Crippen molar-refractivity contribution in [2.75, 3.05) is 5.32 Å². The van der Waals surface area contributed by atoms with E-state index in [0.717, 1.165) is 4.47 Å². The number of nitrogens with zero attached hydrogens (tertiary/aromatic N) is 1. The van der Waals surface area contributed by atoms with E-state index in [-0.39, 0.29) is 17.9 Å². The highest BCUT2D eigenvalue weighted by atomic mass is 79.9. The molecule has 0 saturated heterocycles. The van der Waals surface area contributed by atoms with Gasteiger partial charge in [-0.2, -0.15) is 0 Å². The highest BCUT2D eigenvalue weighted by Gasteiger charge is 2.08. The number of aromatic nitrogens is 1. The van der Waals surface area contributed by atoms with Crippen LogP contribution in [0, 0.1) is 0 Å². The number of carbonyl (C=O) groups is 1. The molecule has 0 aliphatic carbocycles. The minimum Gasteiger partial charge on any atom is -0.338 e. The quantitative estimate of drug-likeness (QED) is 0.732. The van der Waals surface area contributed by atoms with Crippen molar-refractivity contribution in [1.29, 1.82) is 0 Å². The summed E-state index contributed by atoms with van der Waals surface area (Å²) in [5.74, 6) is -0.178. The summed E-state index contributed by atoms with van der Waals surface area (Å²) in [4.78, 5) is 24.2. The lowest BCUT2D eigenvalue weighted by Crippen LogP contribution is -2.20. The molecule has 3 rings (SSSR count). The first-order valence-electron chi connectivity index (χ1n) is 6.87. The number of fused-ring (bicyclic) bond motifs is 1. The molecule has 0 saturated carbocycles. The Morgan fingerprint density at radius 1 is 1.17 bits per heavy atom. The largest absolute Gasteiger partial charge is 0.338 e. The van der Waals surface area contributed by atoms with Crippen LogP contribution in [-0.4, -0.2) is 10.5 Å². The van der Waals surface area contributed by atoms with Gasteiger partial charge in [-0.3, -0.25) is 9.59 Å². The van der Waals surface area contributed by atoms with Crippen LogP contribution in [0.4, 0.5) is 5.69 Å². The van der Waals surface area contributed by atoms with E-state index in [1.807, 2.05) is 24.3 Å². The zero-order valence-electron chi connectivity index (χ0n) is 11.9. The molecule has 1 N–H and O–H groups in total. The molecule has 116 valence electrons. The Morgan fingerprint density at radius 2 is 2.00 bits per heavy atom. The summed E-state index contributed by atoms with van der Waals surface area (Å²) in [5.41, 5.74) is 1.26. The highest BCUT2D eigenvalue weighted by molar-refractivity contribution is 9.10. The zero-order valence-corrected chi connectivity index (χ0v) is 14.3. The molecule has 0 unspecified atom stereocenters. The summed E-state index contributed by atoms with van der Waals surface area (Å²) >= 11 is 9.30. The first kappa shape index (κ1) is 15.8. The normalized spacial score (nSPS) is 10.7. The van der Waals surface area contributed by atoms with Crippen molar-refractivity contribution in [1.82, 2.24) is 4.57 Å². The second kappa shape index (κ2) is 6.56. The Kier molecular flexibility index (Phi) is 4.50. The minimum absolute atomic E-state index is 0.102. The van der Waals surface area contributed by atoms with Gasteiger partial charge in [-0.25, -0.2) is 0 Å². The van der Waals surface area contributed by atoms with Crippen LogP contribution in [0.2, 0.25) is 5.02 Å². The summed E-state index contributed by atoms with van der Waals surface area (Å²) in [6, 6.07) is 13.8. The van der Waals surface area contributed by atoms with Crippen molar-refractivity contribution in [3.63, 3.8) is 0 Å². The molecule has 0 fully saturated rings. The smallest absolute Gasteiger partial charge is 0.244 e. The number of halogens is 2. The Bertz CT molecular complexity index is 953. The molecule has 0 bridgehead atoms. The predicted octanol–water partition coefficient (Wildman–Crippen LogP) is 4.06. The van der Waals surface area contributed by atoms with E-state index >= 15 is 0 Å². The molecule has 1 heterocycles. The second-order valence-electron chi connectivity index (χ2n) is 5.03. The van der Waals surface area contributed by atoms with E-state index in [2.05, 4.69) is 21.2 Å². The van der Waals surface area contributed by atoms with Gasteiger partial charge in [0, 0.05) is 32.8 Å². The molecule has 6 heteroatoms. The number of anilines is 1. The number of benzene rings is 2. The van der Waals surface area contributed by atoms with Gasteiger partial charge in [0.25, 0.3) is 0 Å². The van der Waals surface area contributed by atoms with Crippen molar-refractivity contribution in [3.05, 3.63) is 74.4 Å². The van der Waals surface area contributed by atoms with E-state index in [9.17, 15) is 9.59 Å². The number of pyridine rings is 1. The van der Waals surface area contributed by atoms with E-state index in [0.29, 0.717) is 21.6 Å². The van der Waals surface area contributed by atoms with Gasteiger partial charge in [-0.05, 0) is 36.4 Å². The van der Waals surface area contributed by atoms with Crippen LogP contribution < -0.4 is 10.7 Å². The number of rotatable bonds is 3. The number of hydrogen-bond donors (Lipinski definition) is 1. The molecular formula is C17H12BrClN2O2. The number of nitrogens with one attached hydrogen (secondary N) is 1. The molecule has 0 atom stereocenters. The van der Waals surface area contributed by atoms with Crippen molar-refractivity contribution >= 4 is 50.0 Å². The molecule has 0 aliphatic heterocycles. The van der Waals surface area contributed by atoms with Gasteiger partial charge < -0.3 is 9.88 Å². The molecule has 3 aromatic rings. The van der Waals surface area contributed by atoms with Gasteiger partial charge >= 0.3 is 0 Å². The Labute approximate surface area is 145 Å². The fourth-order valence-corrected chi connectivity index (χ4v) is 2.91. The summed E-state index contributed by atoms with van der Waals surface area (Å²) < 4.78 is 2.61. The highest BCUT2D eigenvalue weighted by Crippen LogP contribution is 2.18. The number of carbonyl (C=O) groups excluding carboxylic acids is 1. The van der Waals surface area contributed by atoms with E-state index in [1.165, 1.54) is 6.07 Å². The zero-order chi connectivity index (χ0) is 16.4. The van der Waals surface area contributed by atoms with Crippen LogP contribution in [0.3, 0.4) is 0 Å². The van der Waals surface area contributed by atoms with Crippen molar-refractivity contribution < 1.29 is 4.79 Å². The fourth-order valence-electron chi connectivity index (χ4n) is 2.34. The summed E-state index contributed by atoms with van der Waals surface area (Å²) in [6.07, 6.45) is 1.61. The second-order valence-corrected chi connectivity index (χ2v) is 6.38. The third kappa shape index (κ3) is 3.63. The maximum atomic E-state index is 12.2. The van der Waals surface area contributed by atoms with Gasteiger partial charge in [-0.1, -0.05) is 33.6 Å². The molecular weight excluding hydrogens is 380 g/mol. The van der Waals surface area contributed by atoms with Crippen LogP contribution in [0.25, 0.3) is 10.9 Å². The third-order valence-corrected chi connectivity index (χ3v) is 4.09. The maximum Gasteiger partial charge on any atom is 0.244 e. The van der Waals surface area contributed by atoms with Gasteiger partial charge in [-0.15, -0.1) is 0 Å². The molecule has 0 radical (unpaired) electrons. The standard InChI is InChI=1S/C17H12BrClN2O2/c18-11-2-1-3-13(8-11)20-17(23)10-21-7-6-16(22)14-9-12(19)4-5-15(14)21/h1-9H,10H2,(H,20,23). The minimum atomic E-state index is -0.178. The summed E-state index contributed by atoms with van der Waals surface area (Å²) in [7, 11) is 0. The number of amides is 1. The first-order chi connectivity index (χ1) is 11.0. The van der Waals surface area contributed by atoms with Gasteiger partial charge in [0.2, 0.25) is 5.91 Å². The molecule has 23 heavy (non-hydrogen) atoms. The molecule has 1 amide bonds. The lowest BCUT2D eigenvalue weighted by molar-refractivity contribution is -0.116. The Morgan fingerprint density at radius 3 is 2.78 bits per heavy atom. The summed E-state index contributed by atoms with van der Waals surface area (Å²) in [5, 5.41) is 3.82. The van der Waals surface area contributed by atoms with Gasteiger partial charge in [0.1, 0.15) is 6.54 Å². The molecule has 0 aliphatic rings. The molecule has 0 spiro atoms. The Hall–Kier alpha value is -2.11. The van der Waals surface area contributed by atoms with Crippen LogP contribution in [0.1, 0.15) is 0 Å². The molecule has 2 aromatic carbocycles. The van der Waals surface area contributed by atoms with Gasteiger partial charge in [0.15, 0.2) is 5.43 Å². The lowest BCUT2D eigenvalue weighted by Gasteiger charge is -2.11. The van der Waals surface area contributed by atoms with Crippen molar-refractivity contribution in [2.45, 2.75) is 6.54 Å². The molecule has 1 aromatic heterocycles. The summed E-state index contributed by atoms with van der Waals surface area (Å²) in [6.45, 7) is 0.102. The van der Waals surface area contributed by atoms with Crippen LogP contribution in [0.15, 0.2) is 64.0 Å². The van der Waals surface area contributed by atoms with Crippen molar-refractivity contribution in [2.24, 2.45) is 0 Å². The van der Waals surface area contributed by atoms with E-state index in [4.69, 9.17) is 11.6 Å². The fraction of sp³-hybridized carbons (Fsp3) is 0.0588. The van der Waals surface area contributed by atoms with Crippen LogP contribution >= 0.6 is 27.5 Å². The van der Waals surface area contributed by atoms with E-state index in [1.54, 1.807) is 29.0 Å². The maximum absolute atomic E-state index is 12.2.